The third kappa shape index (κ3) is 1.50. The van der Waals surface area contributed by atoms with Gasteiger partial charge in [0.15, 0.2) is 0 Å². The van der Waals surface area contributed by atoms with E-state index in [4.69, 9.17) is 16.7 Å². The van der Waals surface area contributed by atoms with Crippen molar-refractivity contribution in [2.24, 2.45) is 11.3 Å². The molecule has 86 valence electrons. The van der Waals surface area contributed by atoms with Crippen LogP contribution >= 0.6 is 11.6 Å². The normalized spacial score (nSPS) is 26.5. The molecule has 0 bridgehead atoms. The van der Waals surface area contributed by atoms with Crippen LogP contribution in [0.15, 0.2) is 18.2 Å². The zero-order valence-electron chi connectivity index (χ0n) is 9.00. The molecule has 1 aliphatic carbocycles. The first-order chi connectivity index (χ1) is 7.37. The maximum absolute atomic E-state index is 13.7. The highest BCUT2D eigenvalue weighted by Crippen LogP contribution is 2.64. The van der Waals surface area contributed by atoms with Crippen molar-refractivity contribution < 1.29 is 14.3 Å². The largest absolute Gasteiger partial charge is 0.481 e. The molecule has 2 rings (SSSR count). The molecule has 1 aliphatic rings. The minimum absolute atomic E-state index is 0.0457. The van der Waals surface area contributed by atoms with Gasteiger partial charge < -0.3 is 5.11 Å². The first kappa shape index (κ1) is 11.4. The van der Waals surface area contributed by atoms with Gasteiger partial charge in [-0.05, 0) is 17.0 Å². The zero-order valence-corrected chi connectivity index (χ0v) is 9.75. The Balaban J connectivity index is 2.41. The van der Waals surface area contributed by atoms with E-state index in [1.807, 2.05) is 13.8 Å². The second kappa shape index (κ2) is 3.45. The van der Waals surface area contributed by atoms with Crippen LogP contribution in [0.3, 0.4) is 0 Å². The summed E-state index contributed by atoms with van der Waals surface area (Å²) in [5, 5.41) is 9.07. The molecule has 0 heterocycles. The van der Waals surface area contributed by atoms with E-state index in [9.17, 15) is 9.18 Å². The summed E-state index contributed by atoms with van der Waals surface area (Å²) in [6.45, 7) is 3.66. The number of aliphatic carboxylic acids is 1. The summed E-state index contributed by atoms with van der Waals surface area (Å²) in [4.78, 5) is 11.0. The van der Waals surface area contributed by atoms with Crippen LogP contribution in [-0.4, -0.2) is 11.1 Å². The average Bonchev–Trinajstić information content (AvgIpc) is 2.74. The van der Waals surface area contributed by atoms with Crippen molar-refractivity contribution in [2.75, 3.05) is 0 Å². The van der Waals surface area contributed by atoms with Crippen molar-refractivity contribution in [3.05, 3.63) is 34.6 Å². The Labute approximate surface area is 98.0 Å². The average molecular weight is 243 g/mol. The predicted molar refractivity (Wildman–Crippen MR) is 59.1 cm³/mol. The Hall–Kier alpha value is -1.09. The molecule has 0 radical (unpaired) electrons. The fraction of sp³-hybridized carbons (Fsp3) is 0.417. The Kier molecular flexibility index (Phi) is 2.46. The van der Waals surface area contributed by atoms with Gasteiger partial charge in [-0.25, -0.2) is 4.39 Å². The van der Waals surface area contributed by atoms with Gasteiger partial charge in [0.2, 0.25) is 0 Å². The van der Waals surface area contributed by atoms with Crippen LogP contribution in [-0.2, 0) is 4.79 Å². The van der Waals surface area contributed by atoms with E-state index in [2.05, 4.69) is 0 Å². The molecule has 1 saturated carbocycles. The Morgan fingerprint density at radius 2 is 2.12 bits per heavy atom. The van der Waals surface area contributed by atoms with Gasteiger partial charge in [0.05, 0.1) is 10.9 Å². The summed E-state index contributed by atoms with van der Waals surface area (Å²) in [6, 6.07) is 4.72. The van der Waals surface area contributed by atoms with E-state index in [0.29, 0.717) is 5.56 Å². The van der Waals surface area contributed by atoms with Crippen LogP contribution in [0.2, 0.25) is 5.02 Å². The molecule has 0 amide bonds. The molecular formula is C12H12ClFO2. The molecule has 4 heteroatoms. The monoisotopic (exact) mass is 242 g/mol. The van der Waals surface area contributed by atoms with Gasteiger partial charge in [-0.1, -0.05) is 37.6 Å². The van der Waals surface area contributed by atoms with Crippen LogP contribution < -0.4 is 0 Å². The molecule has 16 heavy (non-hydrogen) atoms. The Bertz CT molecular complexity index is 456. The van der Waals surface area contributed by atoms with E-state index in [0.717, 1.165) is 0 Å². The van der Waals surface area contributed by atoms with E-state index in [1.54, 1.807) is 12.1 Å². The highest BCUT2D eigenvalue weighted by atomic mass is 35.5. The van der Waals surface area contributed by atoms with E-state index < -0.39 is 23.1 Å². The number of carboxylic acid groups (broad SMARTS) is 1. The summed E-state index contributed by atoms with van der Waals surface area (Å²) in [6.07, 6.45) is 0. The maximum Gasteiger partial charge on any atom is 0.307 e. The van der Waals surface area contributed by atoms with Gasteiger partial charge in [-0.2, -0.15) is 0 Å². The van der Waals surface area contributed by atoms with E-state index in [-0.39, 0.29) is 10.9 Å². The first-order valence-electron chi connectivity index (χ1n) is 5.04. The number of carboxylic acids is 1. The molecule has 2 nitrogen and oxygen atoms in total. The predicted octanol–water partition coefficient (Wildman–Crippen LogP) is 3.30. The lowest BCUT2D eigenvalue weighted by atomic mass is 10.0. The SMILES string of the molecule is CC1(C)C(C(=O)O)C1c1cccc(Cl)c1F. The van der Waals surface area contributed by atoms with Gasteiger partial charge in [0.25, 0.3) is 0 Å². The summed E-state index contributed by atoms with van der Waals surface area (Å²) < 4.78 is 13.7. The maximum atomic E-state index is 13.7. The number of benzene rings is 1. The lowest BCUT2D eigenvalue weighted by molar-refractivity contribution is -0.139. The molecule has 1 aromatic carbocycles. The lowest BCUT2D eigenvalue weighted by Gasteiger charge is -2.05. The molecule has 0 aromatic heterocycles. The van der Waals surface area contributed by atoms with Crippen molar-refractivity contribution in [3.63, 3.8) is 0 Å². The fourth-order valence-electron chi connectivity index (χ4n) is 2.44. The zero-order chi connectivity index (χ0) is 12.1. The molecule has 1 aromatic rings. The van der Waals surface area contributed by atoms with Gasteiger partial charge in [0, 0.05) is 5.92 Å². The minimum atomic E-state index is -0.880. The third-order valence-corrected chi connectivity index (χ3v) is 3.70. The first-order valence-corrected chi connectivity index (χ1v) is 5.42. The van der Waals surface area contributed by atoms with E-state index in [1.165, 1.54) is 6.07 Å². The van der Waals surface area contributed by atoms with Crippen LogP contribution in [0.5, 0.6) is 0 Å². The number of halogens is 2. The van der Waals surface area contributed by atoms with Crippen LogP contribution in [0, 0.1) is 17.2 Å². The quantitative estimate of drug-likeness (QED) is 0.864. The highest BCUT2D eigenvalue weighted by molar-refractivity contribution is 6.30. The van der Waals surface area contributed by atoms with Crippen LogP contribution in [0.25, 0.3) is 0 Å². The number of hydrogen-bond acceptors (Lipinski definition) is 1. The minimum Gasteiger partial charge on any atom is -0.481 e. The molecule has 2 unspecified atom stereocenters. The number of rotatable bonds is 2. The van der Waals surface area contributed by atoms with Crippen molar-refractivity contribution in [3.8, 4) is 0 Å². The van der Waals surface area contributed by atoms with Crippen molar-refractivity contribution in [1.82, 2.24) is 0 Å². The summed E-state index contributed by atoms with van der Waals surface area (Å²) in [5.41, 5.74) is 0.00191. The third-order valence-electron chi connectivity index (χ3n) is 3.41. The van der Waals surface area contributed by atoms with Crippen molar-refractivity contribution >= 4 is 17.6 Å². The highest BCUT2D eigenvalue weighted by Gasteiger charge is 2.63. The number of hydrogen-bond donors (Lipinski definition) is 1. The molecule has 1 N–H and O–H groups in total. The molecule has 0 saturated heterocycles. The standard InChI is InChI=1S/C12H12ClFO2/c1-12(2)8(9(12)11(15)16)6-4-3-5-7(13)10(6)14/h3-5,8-9H,1-2H3,(H,15,16). The Morgan fingerprint density at radius 3 is 2.62 bits per heavy atom. The Morgan fingerprint density at radius 1 is 1.50 bits per heavy atom. The summed E-state index contributed by atoms with van der Waals surface area (Å²) >= 11 is 5.68. The second-order valence-electron chi connectivity index (χ2n) is 4.76. The second-order valence-corrected chi connectivity index (χ2v) is 5.17. The van der Waals surface area contributed by atoms with E-state index >= 15 is 0 Å². The van der Waals surface area contributed by atoms with Gasteiger partial charge in [0.1, 0.15) is 5.82 Å². The van der Waals surface area contributed by atoms with Crippen LogP contribution in [0.1, 0.15) is 25.3 Å². The topological polar surface area (TPSA) is 37.3 Å². The number of carbonyl (C=O) groups is 1. The summed E-state index contributed by atoms with van der Waals surface area (Å²) in [5.74, 6) is -2.19. The molecular weight excluding hydrogens is 231 g/mol. The van der Waals surface area contributed by atoms with Gasteiger partial charge in [-0.3, -0.25) is 4.79 Å². The van der Waals surface area contributed by atoms with Crippen molar-refractivity contribution in [2.45, 2.75) is 19.8 Å². The van der Waals surface area contributed by atoms with Gasteiger partial charge in [-0.15, -0.1) is 0 Å². The molecule has 1 fully saturated rings. The fourth-order valence-corrected chi connectivity index (χ4v) is 2.62. The molecule has 0 aliphatic heterocycles. The smallest absolute Gasteiger partial charge is 0.307 e. The molecule has 2 atom stereocenters. The van der Waals surface area contributed by atoms with Crippen LogP contribution in [0.4, 0.5) is 4.39 Å². The molecule has 0 spiro atoms. The van der Waals surface area contributed by atoms with Crippen molar-refractivity contribution in [1.29, 1.82) is 0 Å². The summed E-state index contributed by atoms with van der Waals surface area (Å²) in [7, 11) is 0. The lowest BCUT2D eigenvalue weighted by Crippen LogP contribution is -2.03. The van der Waals surface area contributed by atoms with Gasteiger partial charge >= 0.3 is 5.97 Å².